The molecule has 0 spiro atoms. The van der Waals surface area contributed by atoms with Crippen LogP contribution in [-0.4, -0.2) is 26.6 Å². The molecule has 0 aromatic carbocycles. The van der Waals surface area contributed by atoms with Crippen molar-refractivity contribution >= 4 is 17.4 Å². The Balaban J connectivity index is 2.30. The van der Waals surface area contributed by atoms with Crippen LogP contribution in [0.4, 0.5) is 5.82 Å². The van der Waals surface area contributed by atoms with Gasteiger partial charge in [0.1, 0.15) is 17.3 Å². The molecule has 0 unspecified atom stereocenters. The third kappa shape index (κ3) is 3.19. The largest absolute Gasteiger partial charge is 0.391 e. The second kappa shape index (κ2) is 6.45. The van der Waals surface area contributed by atoms with Gasteiger partial charge in [0.05, 0.1) is 12.2 Å². The molecule has 2 aromatic rings. The molecule has 0 radical (unpaired) electrons. The van der Waals surface area contributed by atoms with E-state index >= 15 is 0 Å². The zero-order chi connectivity index (χ0) is 13.7. The number of nitrogens with zero attached hydrogens (tertiary/aromatic N) is 4. The van der Waals surface area contributed by atoms with Crippen LogP contribution < -0.4 is 4.90 Å². The molecule has 2 aromatic heterocycles. The van der Waals surface area contributed by atoms with E-state index in [-0.39, 0.29) is 6.61 Å². The molecule has 0 aliphatic heterocycles. The Morgan fingerprint density at radius 2 is 2.00 bits per heavy atom. The summed E-state index contributed by atoms with van der Waals surface area (Å²) < 4.78 is 0. The minimum atomic E-state index is -0.179. The van der Waals surface area contributed by atoms with Gasteiger partial charge in [0.2, 0.25) is 0 Å². The lowest BCUT2D eigenvalue weighted by atomic mass is 10.2. The van der Waals surface area contributed by atoms with E-state index in [2.05, 4.69) is 15.0 Å². The van der Waals surface area contributed by atoms with Crippen molar-refractivity contribution in [2.24, 2.45) is 0 Å². The van der Waals surface area contributed by atoms with E-state index in [0.29, 0.717) is 23.1 Å². The fraction of sp³-hybridized carbons (Fsp3) is 0.308. The predicted molar refractivity (Wildman–Crippen MR) is 73.9 cm³/mol. The van der Waals surface area contributed by atoms with Crippen LogP contribution in [0, 0.1) is 0 Å². The second-order valence-corrected chi connectivity index (χ2v) is 4.35. The molecule has 0 atom stereocenters. The van der Waals surface area contributed by atoms with Crippen LogP contribution in [0.15, 0.2) is 30.9 Å². The molecule has 2 heterocycles. The van der Waals surface area contributed by atoms with Crippen LogP contribution >= 0.6 is 11.6 Å². The Kier molecular flexibility index (Phi) is 4.65. The number of pyridine rings is 1. The Morgan fingerprint density at radius 3 is 2.63 bits per heavy atom. The van der Waals surface area contributed by atoms with Crippen LogP contribution in [0.1, 0.15) is 18.1 Å². The van der Waals surface area contributed by atoms with Crippen molar-refractivity contribution in [1.82, 2.24) is 15.0 Å². The summed E-state index contributed by atoms with van der Waals surface area (Å²) in [5, 5.41) is 9.70. The van der Waals surface area contributed by atoms with Gasteiger partial charge in [-0.2, -0.15) is 0 Å². The highest BCUT2D eigenvalue weighted by molar-refractivity contribution is 6.30. The second-order valence-electron chi connectivity index (χ2n) is 3.99. The van der Waals surface area contributed by atoms with E-state index in [9.17, 15) is 5.11 Å². The maximum absolute atomic E-state index is 9.41. The first-order valence-electron chi connectivity index (χ1n) is 6.00. The van der Waals surface area contributed by atoms with E-state index in [0.717, 1.165) is 12.1 Å². The standard InChI is InChI=1S/C13H15ClN4O/c1-2-18(7-10-3-5-15-6-4-10)13-11(8-19)12(14)16-9-17-13/h3-6,9,19H,2,7-8H2,1H3. The molecule has 0 fully saturated rings. The number of rotatable bonds is 5. The van der Waals surface area contributed by atoms with Crippen molar-refractivity contribution < 1.29 is 5.11 Å². The van der Waals surface area contributed by atoms with Gasteiger partial charge in [-0.15, -0.1) is 0 Å². The Morgan fingerprint density at radius 1 is 1.26 bits per heavy atom. The highest BCUT2D eigenvalue weighted by Crippen LogP contribution is 2.24. The number of aliphatic hydroxyl groups is 1. The topological polar surface area (TPSA) is 62.1 Å². The maximum Gasteiger partial charge on any atom is 0.140 e. The molecule has 0 aliphatic rings. The number of hydrogen-bond acceptors (Lipinski definition) is 5. The summed E-state index contributed by atoms with van der Waals surface area (Å²) in [5.74, 6) is 0.668. The lowest BCUT2D eigenvalue weighted by molar-refractivity contribution is 0.281. The Labute approximate surface area is 116 Å². The van der Waals surface area contributed by atoms with Gasteiger partial charge in [0, 0.05) is 25.5 Å². The number of halogens is 1. The summed E-state index contributed by atoms with van der Waals surface area (Å²) >= 11 is 5.99. The lowest BCUT2D eigenvalue weighted by Gasteiger charge is -2.24. The monoisotopic (exact) mass is 278 g/mol. The molecule has 6 heteroatoms. The van der Waals surface area contributed by atoms with Crippen molar-refractivity contribution in [2.75, 3.05) is 11.4 Å². The molecular formula is C13H15ClN4O. The summed E-state index contributed by atoms with van der Waals surface area (Å²) in [6.07, 6.45) is 4.91. The molecule has 0 aliphatic carbocycles. The average Bonchev–Trinajstić information content (AvgIpc) is 2.45. The zero-order valence-electron chi connectivity index (χ0n) is 10.6. The van der Waals surface area contributed by atoms with Gasteiger partial charge in [-0.1, -0.05) is 11.6 Å². The van der Waals surface area contributed by atoms with Crippen molar-refractivity contribution in [2.45, 2.75) is 20.1 Å². The van der Waals surface area contributed by atoms with E-state index < -0.39 is 0 Å². The summed E-state index contributed by atoms with van der Waals surface area (Å²) in [5.41, 5.74) is 1.68. The fourth-order valence-electron chi connectivity index (χ4n) is 1.84. The molecule has 0 saturated heterocycles. The first-order valence-corrected chi connectivity index (χ1v) is 6.38. The molecule has 2 rings (SSSR count). The summed E-state index contributed by atoms with van der Waals surface area (Å²) in [6.45, 7) is 3.28. The van der Waals surface area contributed by atoms with Crippen molar-refractivity contribution in [1.29, 1.82) is 0 Å². The first kappa shape index (κ1) is 13.7. The number of hydrogen-bond donors (Lipinski definition) is 1. The lowest BCUT2D eigenvalue weighted by Crippen LogP contribution is -2.24. The van der Waals surface area contributed by atoms with Gasteiger partial charge in [0.15, 0.2) is 0 Å². The number of aromatic nitrogens is 3. The third-order valence-electron chi connectivity index (χ3n) is 2.83. The van der Waals surface area contributed by atoms with Crippen LogP contribution in [0.2, 0.25) is 5.15 Å². The van der Waals surface area contributed by atoms with Gasteiger partial charge in [-0.05, 0) is 24.6 Å². The predicted octanol–water partition coefficient (Wildman–Crippen LogP) is 2.04. The van der Waals surface area contributed by atoms with E-state index in [1.807, 2.05) is 24.0 Å². The summed E-state index contributed by atoms with van der Waals surface area (Å²) in [4.78, 5) is 14.2. The van der Waals surface area contributed by atoms with Crippen LogP contribution in [0.5, 0.6) is 0 Å². The highest BCUT2D eigenvalue weighted by Gasteiger charge is 2.15. The fourth-order valence-corrected chi connectivity index (χ4v) is 2.02. The SMILES string of the molecule is CCN(Cc1ccncc1)c1ncnc(Cl)c1CO. The van der Waals surface area contributed by atoms with Crippen LogP contribution in [-0.2, 0) is 13.2 Å². The van der Waals surface area contributed by atoms with Crippen molar-refractivity contribution in [3.63, 3.8) is 0 Å². The average molecular weight is 279 g/mol. The Hall–Kier alpha value is -1.72. The highest BCUT2D eigenvalue weighted by atomic mass is 35.5. The first-order chi connectivity index (χ1) is 9.26. The van der Waals surface area contributed by atoms with Gasteiger partial charge in [-0.3, -0.25) is 4.98 Å². The molecule has 100 valence electrons. The van der Waals surface area contributed by atoms with E-state index in [1.54, 1.807) is 12.4 Å². The van der Waals surface area contributed by atoms with Crippen molar-refractivity contribution in [3.05, 3.63) is 47.1 Å². The zero-order valence-corrected chi connectivity index (χ0v) is 11.4. The number of anilines is 1. The minimum absolute atomic E-state index is 0.179. The molecule has 0 saturated carbocycles. The minimum Gasteiger partial charge on any atom is -0.391 e. The molecule has 19 heavy (non-hydrogen) atoms. The Bertz CT molecular complexity index is 535. The van der Waals surface area contributed by atoms with Gasteiger partial charge in [-0.25, -0.2) is 9.97 Å². The van der Waals surface area contributed by atoms with Crippen molar-refractivity contribution in [3.8, 4) is 0 Å². The normalized spacial score (nSPS) is 10.5. The molecule has 5 nitrogen and oxygen atoms in total. The quantitative estimate of drug-likeness (QED) is 0.848. The smallest absolute Gasteiger partial charge is 0.140 e. The van der Waals surface area contributed by atoms with Gasteiger partial charge in [0.25, 0.3) is 0 Å². The summed E-state index contributed by atoms with van der Waals surface area (Å²) in [6, 6.07) is 3.90. The molecule has 0 bridgehead atoms. The molecule has 0 amide bonds. The molecular weight excluding hydrogens is 264 g/mol. The maximum atomic E-state index is 9.41. The third-order valence-corrected chi connectivity index (χ3v) is 3.16. The van der Waals surface area contributed by atoms with Crippen LogP contribution in [0.25, 0.3) is 0 Å². The number of aliphatic hydroxyl groups excluding tert-OH is 1. The van der Waals surface area contributed by atoms with E-state index in [4.69, 9.17) is 11.6 Å². The summed E-state index contributed by atoms with van der Waals surface area (Å²) in [7, 11) is 0. The van der Waals surface area contributed by atoms with Crippen LogP contribution in [0.3, 0.4) is 0 Å². The van der Waals surface area contributed by atoms with Gasteiger partial charge >= 0.3 is 0 Å². The van der Waals surface area contributed by atoms with Gasteiger partial charge < -0.3 is 10.0 Å². The van der Waals surface area contributed by atoms with E-state index in [1.165, 1.54) is 6.33 Å². The molecule has 1 N–H and O–H groups in total.